The minimum Gasteiger partial charge on any atom is -0.481 e. The highest BCUT2D eigenvalue weighted by atomic mass is 32.1. The van der Waals surface area contributed by atoms with Gasteiger partial charge in [-0.15, -0.1) is 0 Å². The van der Waals surface area contributed by atoms with Crippen LogP contribution in [0.15, 0.2) is 18.2 Å². The van der Waals surface area contributed by atoms with Gasteiger partial charge in [-0.1, -0.05) is 18.3 Å². The second-order valence-electron chi connectivity index (χ2n) is 10.4. The number of alkyl halides is 2. The molecule has 1 aromatic carbocycles. The van der Waals surface area contributed by atoms with Gasteiger partial charge in [0.25, 0.3) is 5.92 Å². The lowest BCUT2D eigenvalue weighted by molar-refractivity contribution is -0.0240. The molecule has 2 N–H and O–H groups in total. The number of ether oxygens (including phenoxy) is 3. The molecule has 1 heterocycles. The summed E-state index contributed by atoms with van der Waals surface area (Å²) >= 11 is 5.25. The molecule has 2 amide bonds. The van der Waals surface area contributed by atoms with Crippen molar-refractivity contribution in [2.45, 2.75) is 84.7 Å². The standard InChI is InChI=1S/C24H35F2N3O5S/c1-15-19(35)28-17-12-16(8-9-18(17)32-15)13-29(21(31)34-23(5,6)7)11-10-24(25,26)14-27-20(30)33-22(2,3)4/h8-9,12,15H,10-11,13-14H2,1-7H3,(H,27,30)(H,28,35)/t15-/m1/s1. The Balaban J connectivity index is 2.09. The van der Waals surface area contributed by atoms with Crippen LogP contribution in [0.5, 0.6) is 5.75 Å². The largest absolute Gasteiger partial charge is 0.481 e. The van der Waals surface area contributed by atoms with Crippen LogP contribution in [0.4, 0.5) is 24.1 Å². The maximum absolute atomic E-state index is 14.5. The second-order valence-corrected chi connectivity index (χ2v) is 10.9. The van der Waals surface area contributed by atoms with Crippen LogP contribution in [-0.2, 0) is 16.0 Å². The van der Waals surface area contributed by atoms with Crippen molar-refractivity contribution in [2.75, 3.05) is 18.4 Å². The monoisotopic (exact) mass is 515 g/mol. The van der Waals surface area contributed by atoms with Crippen LogP contribution in [0.1, 0.15) is 60.5 Å². The zero-order valence-electron chi connectivity index (χ0n) is 21.3. The third-order valence-corrected chi connectivity index (χ3v) is 5.07. The fraction of sp³-hybridized carbons (Fsp3) is 0.625. The Hall–Kier alpha value is -2.69. The minimum absolute atomic E-state index is 0.0295. The molecule has 1 aromatic rings. The summed E-state index contributed by atoms with van der Waals surface area (Å²) in [5.74, 6) is -2.66. The van der Waals surface area contributed by atoms with Gasteiger partial charge in [-0.2, -0.15) is 0 Å². The summed E-state index contributed by atoms with van der Waals surface area (Å²) in [7, 11) is 0. The van der Waals surface area contributed by atoms with E-state index in [0.717, 1.165) is 0 Å². The first-order valence-corrected chi connectivity index (χ1v) is 11.8. The van der Waals surface area contributed by atoms with Crippen molar-refractivity contribution < 1.29 is 32.6 Å². The molecule has 1 atom stereocenters. The molecule has 0 bridgehead atoms. The smallest absolute Gasteiger partial charge is 0.410 e. The van der Waals surface area contributed by atoms with Gasteiger partial charge >= 0.3 is 12.2 Å². The molecule has 0 aromatic heterocycles. The predicted molar refractivity (Wildman–Crippen MR) is 133 cm³/mol. The van der Waals surface area contributed by atoms with Crippen molar-refractivity contribution in [1.82, 2.24) is 10.2 Å². The number of hydrogen-bond acceptors (Lipinski definition) is 6. The molecule has 0 fully saturated rings. The number of nitrogens with zero attached hydrogens (tertiary/aromatic N) is 1. The lowest BCUT2D eigenvalue weighted by atomic mass is 10.1. The van der Waals surface area contributed by atoms with Gasteiger partial charge in [-0.25, -0.2) is 18.4 Å². The second kappa shape index (κ2) is 10.9. The van der Waals surface area contributed by atoms with E-state index in [1.807, 2.05) is 6.92 Å². The van der Waals surface area contributed by atoms with Crippen LogP contribution >= 0.6 is 12.2 Å². The maximum atomic E-state index is 14.5. The molecule has 196 valence electrons. The molecule has 0 aliphatic carbocycles. The van der Waals surface area contributed by atoms with Crippen molar-refractivity contribution in [1.29, 1.82) is 0 Å². The Morgan fingerprint density at radius 2 is 1.77 bits per heavy atom. The highest BCUT2D eigenvalue weighted by molar-refractivity contribution is 7.80. The van der Waals surface area contributed by atoms with Crippen LogP contribution in [0, 0.1) is 0 Å². The van der Waals surface area contributed by atoms with E-state index in [1.165, 1.54) is 4.90 Å². The average molecular weight is 516 g/mol. The predicted octanol–water partition coefficient (Wildman–Crippen LogP) is 5.49. The van der Waals surface area contributed by atoms with Crippen molar-refractivity contribution in [3.8, 4) is 5.75 Å². The zero-order valence-corrected chi connectivity index (χ0v) is 22.1. The van der Waals surface area contributed by atoms with Gasteiger partial charge in [0, 0.05) is 19.5 Å². The lowest BCUT2D eigenvalue weighted by Gasteiger charge is -2.30. The number of halogens is 2. The topological polar surface area (TPSA) is 89.1 Å². The Bertz CT molecular complexity index is 944. The first-order valence-electron chi connectivity index (χ1n) is 11.4. The molecule has 0 unspecified atom stereocenters. The Labute approximate surface area is 210 Å². The number of fused-ring (bicyclic) bond motifs is 1. The van der Waals surface area contributed by atoms with E-state index in [2.05, 4.69) is 10.6 Å². The SMILES string of the molecule is C[C@H]1Oc2ccc(CN(CCC(F)(F)CNC(=O)OC(C)(C)C)C(=O)OC(C)(C)C)cc2NC1=S. The number of anilines is 1. The highest BCUT2D eigenvalue weighted by Gasteiger charge is 2.33. The Morgan fingerprint density at radius 1 is 1.14 bits per heavy atom. The molecule has 0 radical (unpaired) electrons. The molecule has 11 heteroatoms. The number of carbonyl (C=O) groups excluding carboxylic acids is 2. The number of hydrogen-bond donors (Lipinski definition) is 2. The van der Waals surface area contributed by atoms with E-state index in [4.69, 9.17) is 26.4 Å². The summed E-state index contributed by atoms with van der Waals surface area (Å²) in [5.41, 5.74) is -0.285. The molecule has 1 aliphatic heterocycles. The number of nitrogens with one attached hydrogen (secondary N) is 2. The van der Waals surface area contributed by atoms with E-state index in [9.17, 15) is 18.4 Å². The highest BCUT2D eigenvalue weighted by Crippen LogP contribution is 2.31. The third-order valence-electron chi connectivity index (χ3n) is 4.64. The van der Waals surface area contributed by atoms with E-state index in [1.54, 1.807) is 59.7 Å². The molecule has 0 saturated carbocycles. The number of rotatable bonds is 7. The molecule has 2 rings (SSSR count). The summed E-state index contributed by atoms with van der Waals surface area (Å²) in [5, 5.41) is 5.17. The maximum Gasteiger partial charge on any atom is 0.410 e. The number of benzene rings is 1. The van der Waals surface area contributed by atoms with E-state index >= 15 is 0 Å². The quantitative estimate of drug-likeness (QED) is 0.464. The lowest BCUT2D eigenvalue weighted by Crippen LogP contribution is -2.43. The summed E-state index contributed by atoms with van der Waals surface area (Å²) in [6, 6.07) is 5.25. The summed E-state index contributed by atoms with van der Waals surface area (Å²) in [6.07, 6.45) is -2.61. The van der Waals surface area contributed by atoms with Gasteiger partial charge in [-0.3, -0.25) is 0 Å². The van der Waals surface area contributed by atoms with Crippen molar-refractivity contribution in [3.05, 3.63) is 23.8 Å². The van der Waals surface area contributed by atoms with Gasteiger partial charge in [0.2, 0.25) is 0 Å². The van der Waals surface area contributed by atoms with Gasteiger partial charge in [0.1, 0.15) is 28.0 Å². The van der Waals surface area contributed by atoms with Crippen LogP contribution in [0.3, 0.4) is 0 Å². The summed E-state index contributed by atoms with van der Waals surface area (Å²) in [4.78, 5) is 26.3. The first kappa shape index (κ1) is 28.5. The van der Waals surface area contributed by atoms with Gasteiger partial charge in [0.05, 0.1) is 12.2 Å². The van der Waals surface area contributed by atoms with Crippen molar-refractivity contribution in [2.24, 2.45) is 0 Å². The molecule has 0 saturated heterocycles. The van der Waals surface area contributed by atoms with Crippen LogP contribution in [-0.4, -0.2) is 58.4 Å². The number of thiocarbonyl (C=S) groups is 1. The molecular weight excluding hydrogens is 480 g/mol. The molecule has 35 heavy (non-hydrogen) atoms. The Kier molecular flexibility index (Phi) is 8.91. The first-order chi connectivity index (χ1) is 15.9. The van der Waals surface area contributed by atoms with Gasteiger partial charge in [-0.05, 0) is 66.2 Å². The summed E-state index contributed by atoms with van der Waals surface area (Å²) < 4.78 is 45.2. The summed E-state index contributed by atoms with van der Waals surface area (Å²) in [6.45, 7) is 10.7. The Morgan fingerprint density at radius 3 is 2.37 bits per heavy atom. The zero-order chi connectivity index (χ0) is 26.6. The number of amides is 2. The van der Waals surface area contributed by atoms with E-state index in [-0.39, 0.29) is 19.2 Å². The molecule has 0 spiro atoms. The van der Waals surface area contributed by atoms with Gasteiger partial charge in [0.15, 0.2) is 0 Å². The molecule has 8 nitrogen and oxygen atoms in total. The van der Waals surface area contributed by atoms with Crippen LogP contribution in [0.2, 0.25) is 0 Å². The van der Waals surface area contributed by atoms with E-state index < -0.39 is 42.3 Å². The van der Waals surface area contributed by atoms with Gasteiger partial charge < -0.3 is 29.7 Å². The van der Waals surface area contributed by atoms with Crippen molar-refractivity contribution >= 4 is 35.1 Å². The normalized spacial score (nSPS) is 15.9. The number of alkyl carbamates (subject to hydrolysis) is 1. The molecule has 1 aliphatic rings. The van der Waals surface area contributed by atoms with E-state index in [0.29, 0.717) is 22.0 Å². The third kappa shape index (κ3) is 9.83. The fourth-order valence-electron chi connectivity index (χ4n) is 3.04. The fourth-order valence-corrected chi connectivity index (χ4v) is 3.20. The number of carbonyl (C=O) groups is 2. The van der Waals surface area contributed by atoms with Crippen LogP contribution in [0.25, 0.3) is 0 Å². The molecular formula is C24H35F2N3O5S. The van der Waals surface area contributed by atoms with Crippen molar-refractivity contribution in [3.63, 3.8) is 0 Å². The average Bonchev–Trinajstić information content (AvgIpc) is 2.68. The minimum atomic E-state index is -3.27. The van der Waals surface area contributed by atoms with Crippen LogP contribution < -0.4 is 15.4 Å².